The molecule has 0 saturated heterocycles. The van der Waals surface area contributed by atoms with Gasteiger partial charge in [0.15, 0.2) is 11.3 Å². The van der Waals surface area contributed by atoms with Crippen molar-refractivity contribution in [2.24, 2.45) is 0 Å². The van der Waals surface area contributed by atoms with Crippen molar-refractivity contribution < 1.29 is 18.4 Å². The number of carbonyl (C=O) groups is 1. The Morgan fingerprint density at radius 2 is 1.81 bits per heavy atom. The van der Waals surface area contributed by atoms with E-state index in [1.807, 2.05) is 24.3 Å². The van der Waals surface area contributed by atoms with Crippen molar-refractivity contribution in [3.05, 3.63) is 88.1 Å². The number of amides is 1. The lowest BCUT2D eigenvalue weighted by Crippen LogP contribution is -2.11. The van der Waals surface area contributed by atoms with Crippen molar-refractivity contribution in [3.63, 3.8) is 0 Å². The molecule has 0 aliphatic rings. The van der Waals surface area contributed by atoms with Crippen molar-refractivity contribution in [1.82, 2.24) is 4.98 Å². The molecule has 0 aliphatic heterocycles. The van der Waals surface area contributed by atoms with Gasteiger partial charge < -0.3 is 18.9 Å². The van der Waals surface area contributed by atoms with Crippen LogP contribution >= 0.6 is 23.2 Å². The molecular formula is C28H22Cl2N2O4. The third-order valence-corrected chi connectivity index (χ3v) is 6.36. The largest absolute Gasteiger partial charge is 0.495 e. The first-order chi connectivity index (χ1) is 17.3. The minimum absolute atomic E-state index is 0.108. The lowest BCUT2D eigenvalue weighted by molar-refractivity contribution is 0.0997. The highest BCUT2D eigenvalue weighted by molar-refractivity contribution is 6.35. The molecular weight excluding hydrogens is 499 g/mol. The van der Waals surface area contributed by atoms with Crippen LogP contribution in [0, 0.1) is 0 Å². The molecule has 2 heterocycles. The summed E-state index contributed by atoms with van der Waals surface area (Å²) in [5, 5.41) is 3.83. The molecule has 3 aromatic carbocycles. The summed E-state index contributed by atoms with van der Waals surface area (Å²) in [7, 11) is 1.53. The molecule has 1 amide bonds. The number of hydrogen-bond donors (Lipinski definition) is 1. The second-order valence-corrected chi connectivity index (χ2v) is 9.40. The van der Waals surface area contributed by atoms with Crippen LogP contribution in [-0.4, -0.2) is 18.0 Å². The van der Waals surface area contributed by atoms with E-state index in [4.69, 9.17) is 36.8 Å². The molecule has 0 atom stereocenters. The molecule has 5 aromatic rings. The first kappa shape index (κ1) is 24.0. The number of carbonyl (C=O) groups excluding carboxylic acids is 1. The summed E-state index contributed by atoms with van der Waals surface area (Å²) in [5.74, 6) is 1.40. The van der Waals surface area contributed by atoms with Crippen LogP contribution in [0.15, 0.2) is 75.6 Å². The van der Waals surface area contributed by atoms with Gasteiger partial charge in [-0.2, -0.15) is 0 Å². The van der Waals surface area contributed by atoms with E-state index in [2.05, 4.69) is 24.1 Å². The molecule has 182 valence electrons. The number of rotatable bonds is 6. The van der Waals surface area contributed by atoms with Gasteiger partial charge in [-0.1, -0.05) is 43.1 Å². The highest BCUT2D eigenvalue weighted by Crippen LogP contribution is 2.34. The Morgan fingerprint density at radius 3 is 2.58 bits per heavy atom. The molecule has 0 unspecified atom stereocenters. The summed E-state index contributed by atoms with van der Waals surface area (Å²) < 4.78 is 17.2. The predicted molar refractivity (Wildman–Crippen MR) is 142 cm³/mol. The maximum absolute atomic E-state index is 13.0. The van der Waals surface area contributed by atoms with Crippen LogP contribution in [0.2, 0.25) is 10.0 Å². The quantitative estimate of drug-likeness (QED) is 0.243. The Labute approximate surface area is 217 Å². The first-order valence-electron chi connectivity index (χ1n) is 11.3. The Balaban J connectivity index is 1.43. The minimum Gasteiger partial charge on any atom is -0.495 e. The number of methoxy groups -OCH3 is 1. The first-order valence-corrected chi connectivity index (χ1v) is 12.0. The fraction of sp³-hybridized carbons (Fsp3) is 0.143. The second-order valence-electron chi connectivity index (χ2n) is 8.56. The van der Waals surface area contributed by atoms with Gasteiger partial charge in [-0.05, 0) is 72.1 Å². The number of halogens is 2. The fourth-order valence-electron chi connectivity index (χ4n) is 3.84. The standard InChI is InChI=1S/C28H22Cl2N2O4/c1-15(2)16-4-9-25-22(12-16)32-28(36-25)17-5-8-24(34-3)21(13-17)31-27(33)26-11-10-23(35-26)19-14-18(29)6-7-20(19)30/h4-15H,1-3H3,(H,31,33). The van der Waals surface area contributed by atoms with Crippen molar-refractivity contribution in [2.75, 3.05) is 12.4 Å². The summed E-state index contributed by atoms with van der Waals surface area (Å²) in [6.07, 6.45) is 0. The molecule has 0 spiro atoms. The van der Waals surface area contributed by atoms with E-state index in [1.165, 1.54) is 12.7 Å². The average molecular weight is 521 g/mol. The van der Waals surface area contributed by atoms with Gasteiger partial charge in [0, 0.05) is 16.1 Å². The van der Waals surface area contributed by atoms with E-state index in [0.717, 1.165) is 5.52 Å². The molecule has 0 bridgehead atoms. The van der Waals surface area contributed by atoms with Gasteiger partial charge in [0.05, 0.1) is 17.8 Å². The van der Waals surface area contributed by atoms with Gasteiger partial charge in [0.1, 0.15) is 17.0 Å². The Kier molecular flexibility index (Phi) is 6.48. The van der Waals surface area contributed by atoms with E-state index >= 15 is 0 Å². The van der Waals surface area contributed by atoms with Gasteiger partial charge in [-0.3, -0.25) is 4.79 Å². The lowest BCUT2D eigenvalue weighted by Gasteiger charge is -2.10. The molecule has 0 radical (unpaired) electrons. The van der Waals surface area contributed by atoms with Gasteiger partial charge in [0.2, 0.25) is 5.89 Å². The number of aromatic nitrogens is 1. The smallest absolute Gasteiger partial charge is 0.291 e. The monoisotopic (exact) mass is 520 g/mol. The molecule has 1 N–H and O–H groups in total. The van der Waals surface area contributed by atoms with Crippen LogP contribution in [-0.2, 0) is 0 Å². The number of benzene rings is 3. The van der Waals surface area contributed by atoms with Crippen LogP contribution in [0.1, 0.15) is 35.9 Å². The number of anilines is 1. The van der Waals surface area contributed by atoms with E-state index < -0.39 is 5.91 Å². The van der Waals surface area contributed by atoms with Crippen molar-refractivity contribution in [3.8, 4) is 28.5 Å². The van der Waals surface area contributed by atoms with Gasteiger partial charge in [0.25, 0.3) is 5.91 Å². The zero-order chi connectivity index (χ0) is 25.4. The summed E-state index contributed by atoms with van der Waals surface area (Å²) in [5.41, 5.74) is 4.39. The summed E-state index contributed by atoms with van der Waals surface area (Å²) >= 11 is 12.4. The van der Waals surface area contributed by atoms with Gasteiger partial charge in [-0.15, -0.1) is 0 Å². The number of oxazole rings is 1. The molecule has 5 rings (SSSR count). The summed E-state index contributed by atoms with van der Waals surface area (Å²) in [6, 6.07) is 19.6. The zero-order valence-electron chi connectivity index (χ0n) is 19.8. The van der Waals surface area contributed by atoms with Crippen LogP contribution in [0.3, 0.4) is 0 Å². The minimum atomic E-state index is -0.450. The highest BCUT2D eigenvalue weighted by atomic mass is 35.5. The molecule has 0 saturated carbocycles. The van der Waals surface area contributed by atoms with Crippen LogP contribution in [0.25, 0.3) is 33.9 Å². The van der Waals surface area contributed by atoms with E-state index in [9.17, 15) is 4.79 Å². The predicted octanol–water partition coefficient (Wildman–Crippen LogP) is 8.45. The Morgan fingerprint density at radius 1 is 0.972 bits per heavy atom. The number of nitrogens with one attached hydrogen (secondary N) is 1. The third-order valence-electron chi connectivity index (χ3n) is 5.80. The van der Waals surface area contributed by atoms with Crippen LogP contribution < -0.4 is 10.1 Å². The number of nitrogens with zero attached hydrogens (tertiary/aromatic N) is 1. The zero-order valence-corrected chi connectivity index (χ0v) is 21.3. The Bertz CT molecular complexity index is 1590. The van der Waals surface area contributed by atoms with Crippen molar-refractivity contribution in [2.45, 2.75) is 19.8 Å². The Hall–Kier alpha value is -3.74. The molecule has 0 fully saturated rings. The summed E-state index contributed by atoms with van der Waals surface area (Å²) in [6.45, 7) is 4.26. The maximum Gasteiger partial charge on any atom is 0.291 e. The van der Waals surface area contributed by atoms with E-state index in [-0.39, 0.29) is 5.76 Å². The van der Waals surface area contributed by atoms with Crippen LogP contribution in [0.5, 0.6) is 5.75 Å². The van der Waals surface area contributed by atoms with Crippen molar-refractivity contribution in [1.29, 1.82) is 0 Å². The van der Waals surface area contributed by atoms with Gasteiger partial charge in [-0.25, -0.2) is 4.98 Å². The number of ether oxygens (including phenoxy) is 1. The SMILES string of the molecule is COc1ccc(-c2nc3cc(C(C)C)ccc3o2)cc1NC(=O)c1ccc(-c2cc(Cl)ccc2Cl)o1. The molecule has 2 aromatic heterocycles. The third kappa shape index (κ3) is 4.70. The normalized spacial score (nSPS) is 11.3. The maximum atomic E-state index is 13.0. The summed E-state index contributed by atoms with van der Waals surface area (Å²) in [4.78, 5) is 17.7. The van der Waals surface area contributed by atoms with E-state index in [0.29, 0.717) is 55.8 Å². The highest BCUT2D eigenvalue weighted by Gasteiger charge is 2.18. The van der Waals surface area contributed by atoms with Crippen molar-refractivity contribution >= 4 is 45.9 Å². The molecule has 36 heavy (non-hydrogen) atoms. The molecule has 0 aliphatic carbocycles. The van der Waals surface area contributed by atoms with Gasteiger partial charge >= 0.3 is 0 Å². The van der Waals surface area contributed by atoms with E-state index in [1.54, 1.807) is 42.5 Å². The van der Waals surface area contributed by atoms with Crippen LogP contribution in [0.4, 0.5) is 5.69 Å². The molecule has 8 heteroatoms. The topological polar surface area (TPSA) is 77.5 Å². The lowest BCUT2D eigenvalue weighted by atomic mass is 10.0. The number of furan rings is 1. The second kappa shape index (κ2) is 9.72. The molecule has 6 nitrogen and oxygen atoms in total. The fourth-order valence-corrected chi connectivity index (χ4v) is 4.22. The number of fused-ring (bicyclic) bond motifs is 1. The number of hydrogen-bond acceptors (Lipinski definition) is 5. The average Bonchev–Trinajstić information content (AvgIpc) is 3.52.